The maximum atomic E-state index is 12.2. The van der Waals surface area contributed by atoms with Crippen molar-refractivity contribution in [1.29, 1.82) is 0 Å². The molecule has 1 amide bonds. The Kier molecular flexibility index (Phi) is 5.92. The molecule has 0 bridgehead atoms. The first-order chi connectivity index (χ1) is 8.06. The Labute approximate surface area is 105 Å². The molecular formula is C13H26N2O2. The van der Waals surface area contributed by atoms with Gasteiger partial charge in [-0.05, 0) is 18.9 Å². The van der Waals surface area contributed by atoms with Crippen LogP contribution in [-0.4, -0.2) is 50.2 Å². The second-order valence-electron chi connectivity index (χ2n) is 5.25. The van der Waals surface area contributed by atoms with Crippen molar-refractivity contribution in [2.45, 2.75) is 33.2 Å². The highest BCUT2D eigenvalue weighted by atomic mass is 16.5. The molecule has 1 aliphatic heterocycles. The van der Waals surface area contributed by atoms with Gasteiger partial charge in [0.25, 0.3) is 0 Å². The Hall–Kier alpha value is -0.610. The van der Waals surface area contributed by atoms with E-state index in [0.717, 1.165) is 19.5 Å². The molecule has 0 aromatic rings. The van der Waals surface area contributed by atoms with Crippen LogP contribution in [0, 0.1) is 11.8 Å². The molecule has 4 nitrogen and oxygen atoms in total. The predicted octanol–water partition coefficient (Wildman–Crippen LogP) is 1.12. The third kappa shape index (κ3) is 4.28. The van der Waals surface area contributed by atoms with Gasteiger partial charge in [-0.25, -0.2) is 0 Å². The van der Waals surface area contributed by atoms with Crippen LogP contribution in [0.4, 0.5) is 0 Å². The second-order valence-corrected chi connectivity index (χ2v) is 5.25. The normalized spacial score (nSPS) is 24.3. The van der Waals surface area contributed by atoms with Gasteiger partial charge in [0.2, 0.25) is 5.91 Å². The minimum Gasteiger partial charge on any atom is -0.379 e. The van der Waals surface area contributed by atoms with Gasteiger partial charge in [-0.3, -0.25) is 4.79 Å². The average Bonchev–Trinajstić information content (AvgIpc) is 2.73. The molecule has 0 spiro atoms. The van der Waals surface area contributed by atoms with Gasteiger partial charge in [0.15, 0.2) is 0 Å². The maximum Gasteiger partial charge on any atom is 0.229 e. The van der Waals surface area contributed by atoms with Crippen LogP contribution in [0.3, 0.4) is 0 Å². The molecule has 1 N–H and O–H groups in total. The zero-order valence-corrected chi connectivity index (χ0v) is 11.5. The molecule has 0 aliphatic carbocycles. The maximum absolute atomic E-state index is 12.2. The van der Waals surface area contributed by atoms with Gasteiger partial charge in [-0.1, -0.05) is 20.8 Å². The van der Waals surface area contributed by atoms with E-state index in [1.807, 2.05) is 11.9 Å². The van der Waals surface area contributed by atoms with E-state index in [9.17, 15) is 4.79 Å². The Morgan fingerprint density at radius 2 is 2.18 bits per heavy atom. The standard InChI is InChI=1S/C13H26N2O2/c1-5-14-12-9-17-8-11(12)13(16)15(4)7-6-10(2)3/h10-12,14H,5-9H2,1-4H3. The Balaban J connectivity index is 2.44. The highest BCUT2D eigenvalue weighted by Crippen LogP contribution is 2.16. The number of nitrogens with zero attached hydrogens (tertiary/aromatic N) is 1. The molecule has 0 aromatic heterocycles. The van der Waals surface area contributed by atoms with E-state index in [0.29, 0.717) is 19.1 Å². The first-order valence-corrected chi connectivity index (χ1v) is 6.62. The largest absolute Gasteiger partial charge is 0.379 e. The zero-order chi connectivity index (χ0) is 12.8. The third-order valence-corrected chi connectivity index (χ3v) is 3.28. The molecular weight excluding hydrogens is 216 g/mol. The minimum absolute atomic E-state index is 0.00730. The first kappa shape index (κ1) is 14.5. The highest BCUT2D eigenvalue weighted by Gasteiger charge is 2.34. The molecule has 1 heterocycles. The molecule has 4 heteroatoms. The Morgan fingerprint density at radius 3 is 2.76 bits per heavy atom. The summed E-state index contributed by atoms with van der Waals surface area (Å²) in [6.45, 7) is 9.35. The van der Waals surface area contributed by atoms with Crippen LogP contribution in [0.15, 0.2) is 0 Å². The van der Waals surface area contributed by atoms with Crippen molar-refractivity contribution >= 4 is 5.91 Å². The van der Waals surface area contributed by atoms with Crippen LogP contribution in [0.2, 0.25) is 0 Å². The molecule has 0 radical (unpaired) electrons. The van der Waals surface area contributed by atoms with Crippen LogP contribution in [0.1, 0.15) is 27.2 Å². The van der Waals surface area contributed by atoms with Crippen molar-refractivity contribution in [3.8, 4) is 0 Å². The zero-order valence-electron chi connectivity index (χ0n) is 11.5. The Bertz CT molecular complexity index is 244. The lowest BCUT2D eigenvalue weighted by Gasteiger charge is -2.24. The fraction of sp³-hybridized carbons (Fsp3) is 0.923. The number of likely N-dealkylation sites (N-methyl/N-ethyl adjacent to an activating group) is 1. The minimum atomic E-state index is -0.00730. The lowest BCUT2D eigenvalue weighted by molar-refractivity contribution is -0.134. The highest BCUT2D eigenvalue weighted by molar-refractivity contribution is 5.79. The van der Waals surface area contributed by atoms with Crippen molar-refractivity contribution in [3.63, 3.8) is 0 Å². The van der Waals surface area contributed by atoms with E-state index in [1.54, 1.807) is 0 Å². The fourth-order valence-electron chi connectivity index (χ4n) is 2.11. The lowest BCUT2D eigenvalue weighted by atomic mass is 10.0. The summed E-state index contributed by atoms with van der Waals surface area (Å²) in [7, 11) is 1.89. The summed E-state index contributed by atoms with van der Waals surface area (Å²) >= 11 is 0. The van der Waals surface area contributed by atoms with Gasteiger partial charge < -0.3 is 15.0 Å². The van der Waals surface area contributed by atoms with Gasteiger partial charge >= 0.3 is 0 Å². The van der Waals surface area contributed by atoms with Crippen LogP contribution >= 0.6 is 0 Å². The quantitative estimate of drug-likeness (QED) is 0.759. The molecule has 1 rings (SSSR count). The van der Waals surface area contributed by atoms with Crippen molar-refractivity contribution in [2.24, 2.45) is 11.8 Å². The number of hydrogen-bond acceptors (Lipinski definition) is 3. The molecule has 0 saturated carbocycles. The van der Waals surface area contributed by atoms with Crippen LogP contribution in [0.25, 0.3) is 0 Å². The summed E-state index contributed by atoms with van der Waals surface area (Å²) < 4.78 is 5.41. The molecule has 17 heavy (non-hydrogen) atoms. The van der Waals surface area contributed by atoms with Gasteiger partial charge in [0.05, 0.1) is 19.1 Å². The summed E-state index contributed by atoms with van der Waals surface area (Å²) in [4.78, 5) is 14.1. The van der Waals surface area contributed by atoms with Crippen LogP contribution in [0.5, 0.6) is 0 Å². The number of hydrogen-bond donors (Lipinski definition) is 1. The number of ether oxygens (including phenoxy) is 1. The number of rotatable bonds is 6. The molecule has 1 aliphatic rings. The van der Waals surface area contributed by atoms with E-state index < -0.39 is 0 Å². The summed E-state index contributed by atoms with van der Waals surface area (Å²) in [5.74, 6) is 0.843. The monoisotopic (exact) mass is 242 g/mol. The van der Waals surface area contributed by atoms with Crippen molar-refractivity contribution in [2.75, 3.05) is 33.4 Å². The number of amides is 1. The molecule has 2 unspecified atom stereocenters. The topological polar surface area (TPSA) is 41.6 Å². The summed E-state index contributed by atoms with van der Waals surface area (Å²) in [6, 6.07) is 0.189. The van der Waals surface area contributed by atoms with Gasteiger partial charge in [-0.15, -0.1) is 0 Å². The third-order valence-electron chi connectivity index (χ3n) is 3.28. The summed E-state index contributed by atoms with van der Waals surface area (Å²) in [5, 5.41) is 3.32. The van der Waals surface area contributed by atoms with E-state index in [-0.39, 0.29) is 17.9 Å². The van der Waals surface area contributed by atoms with Crippen molar-refractivity contribution < 1.29 is 9.53 Å². The molecule has 0 aromatic carbocycles. The average molecular weight is 242 g/mol. The van der Waals surface area contributed by atoms with Crippen molar-refractivity contribution in [3.05, 3.63) is 0 Å². The predicted molar refractivity (Wildman–Crippen MR) is 68.9 cm³/mol. The molecule has 1 saturated heterocycles. The number of carbonyl (C=O) groups excluding carboxylic acids is 1. The SMILES string of the molecule is CCNC1COCC1C(=O)N(C)CCC(C)C. The van der Waals surface area contributed by atoms with Crippen LogP contribution in [-0.2, 0) is 9.53 Å². The van der Waals surface area contributed by atoms with Gasteiger partial charge in [-0.2, -0.15) is 0 Å². The smallest absolute Gasteiger partial charge is 0.229 e. The number of carbonyl (C=O) groups is 1. The van der Waals surface area contributed by atoms with Crippen LogP contribution < -0.4 is 5.32 Å². The summed E-state index contributed by atoms with van der Waals surface area (Å²) in [5.41, 5.74) is 0. The first-order valence-electron chi connectivity index (χ1n) is 6.62. The molecule has 1 fully saturated rings. The fourth-order valence-corrected chi connectivity index (χ4v) is 2.11. The van der Waals surface area contributed by atoms with Crippen molar-refractivity contribution in [1.82, 2.24) is 10.2 Å². The van der Waals surface area contributed by atoms with E-state index in [1.165, 1.54) is 0 Å². The Morgan fingerprint density at radius 1 is 1.47 bits per heavy atom. The number of nitrogens with one attached hydrogen (secondary N) is 1. The summed E-state index contributed by atoms with van der Waals surface area (Å²) in [6.07, 6.45) is 1.06. The van der Waals surface area contributed by atoms with E-state index >= 15 is 0 Å². The van der Waals surface area contributed by atoms with E-state index in [4.69, 9.17) is 4.74 Å². The molecule has 100 valence electrons. The molecule has 2 atom stereocenters. The van der Waals surface area contributed by atoms with E-state index in [2.05, 4.69) is 26.1 Å². The lowest BCUT2D eigenvalue weighted by Crippen LogP contribution is -2.44. The van der Waals surface area contributed by atoms with Gasteiger partial charge in [0.1, 0.15) is 0 Å². The second kappa shape index (κ2) is 6.97. The van der Waals surface area contributed by atoms with Gasteiger partial charge in [0, 0.05) is 19.6 Å².